The number of carboxylic acid groups (broad SMARTS) is 1. The second-order valence-electron chi connectivity index (χ2n) is 4.15. The number of hydrogen-bond donors (Lipinski definition) is 2. The lowest BCUT2D eigenvalue weighted by molar-refractivity contribution is -0.142. The molecule has 1 aromatic rings. The molecular formula is C14H19NO5. The van der Waals surface area contributed by atoms with Crippen LogP contribution in [0.25, 0.3) is 0 Å². The van der Waals surface area contributed by atoms with Crippen molar-refractivity contribution in [1.82, 2.24) is 5.32 Å². The highest BCUT2D eigenvalue weighted by Gasteiger charge is 2.20. The van der Waals surface area contributed by atoms with E-state index in [4.69, 9.17) is 14.6 Å². The van der Waals surface area contributed by atoms with E-state index < -0.39 is 17.9 Å². The van der Waals surface area contributed by atoms with Crippen LogP contribution in [0, 0.1) is 0 Å². The summed E-state index contributed by atoms with van der Waals surface area (Å²) in [5.74, 6) is -0.820. The van der Waals surface area contributed by atoms with Crippen LogP contribution in [0.1, 0.15) is 12.5 Å². The second-order valence-corrected chi connectivity index (χ2v) is 4.15. The Kier molecular flexibility index (Phi) is 6.52. The van der Waals surface area contributed by atoms with Crippen molar-refractivity contribution in [2.45, 2.75) is 19.4 Å². The van der Waals surface area contributed by atoms with E-state index in [0.29, 0.717) is 12.4 Å². The molecule has 0 aliphatic heterocycles. The maximum absolute atomic E-state index is 11.5. The normalized spacial score (nSPS) is 11.7. The van der Waals surface area contributed by atoms with E-state index in [0.717, 1.165) is 5.56 Å². The highest BCUT2D eigenvalue weighted by atomic mass is 16.5. The summed E-state index contributed by atoms with van der Waals surface area (Å²) in [6.45, 7) is 2.03. The number of aliphatic carboxylic acids is 1. The average Bonchev–Trinajstić information content (AvgIpc) is 2.45. The highest BCUT2D eigenvalue weighted by Crippen LogP contribution is 2.12. The smallest absolute Gasteiger partial charge is 0.326 e. The molecule has 0 unspecified atom stereocenters. The number of rotatable bonds is 8. The fraction of sp³-hybridized carbons (Fsp3) is 0.429. The molecule has 0 bridgehead atoms. The lowest BCUT2D eigenvalue weighted by Gasteiger charge is -2.14. The van der Waals surface area contributed by atoms with Gasteiger partial charge in [-0.3, -0.25) is 4.79 Å². The molecule has 0 aromatic heterocycles. The van der Waals surface area contributed by atoms with Gasteiger partial charge in [0.05, 0.1) is 7.11 Å². The summed E-state index contributed by atoms with van der Waals surface area (Å²) in [5.41, 5.74) is 0.801. The molecule has 0 heterocycles. The number of carbonyl (C=O) groups excluding carboxylic acids is 1. The molecule has 6 heteroatoms. The first-order chi connectivity index (χ1) is 9.56. The Bertz CT molecular complexity index is 443. The van der Waals surface area contributed by atoms with E-state index in [-0.39, 0.29) is 13.0 Å². The maximum atomic E-state index is 11.5. The average molecular weight is 281 g/mol. The van der Waals surface area contributed by atoms with Crippen LogP contribution in [0.4, 0.5) is 0 Å². The molecule has 0 aliphatic carbocycles. The first-order valence-electron chi connectivity index (χ1n) is 6.29. The van der Waals surface area contributed by atoms with E-state index in [1.54, 1.807) is 38.3 Å². The largest absolute Gasteiger partial charge is 0.497 e. The topological polar surface area (TPSA) is 84.9 Å². The number of benzene rings is 1. The predicted molar refractivity (Wildman–Crippen MR) is 72.8 cm³/mol. The number of methoxy groups -OCH3 is 1. The van der Waals surface area contributed by atoms with Gasteiger partial charge < -0.3 is 19.9 Å². The minimum Gasteiger partial charge on any atom is -0.497 e. The molecule has 2 N–H and O–H groups in total. The second kappa shape index (κ2) is 8.16. The van der Waals surface area contributed by atoms with Crippen LogP contribution in [0.3, 0.4) is 0 Å². The van der Waals surface area contributed by atoms with E-state index in [1.807, 2.05) is 0 Å². The summed E-state index contributed by atoms with van der Waals surface area (Å²) in [6.07, 6.45) is 0.206. The Balaban J connectivity index is 2.62. The number of hydrogen-bond acceptors (Lipinski definition) is 4. The van der Waals surface area contributed by atoms with Crippen molar-refractivity contribution in [3.8, 4) is 5.75 Å². The summed E-state index contributed by atoms with van der Waals surface area (Å²) in [6, 6.07) is 6.05. The molecule has 1 aromatic carbocycles. The van der Waals surface area contributed by atoms with Gasteiger partial charge in [0.1, 0.15) is 18.4 Å². The summed E-state index contributed by atoms with van der Waals surface area (Å²) in [7, 11) is 1.56. The number of amides is 1. The molecule has 1 amide bonds. The van der Waals surface area contributed by atoms with Crippen molar-refractivity contribution in [2.24, 2.45) is 0 Å². The van der Waals surface area contributed by atoms with E-state index in [9.17, 15) is 9.59 Å². The van der Waals surface area contributed by atoms with Gasteiger partial charge in [-0.1, -0.05) is 12.1 Å². The Hall–Kier alpha value is -2.08. The summed E-state index contributed by atoms with van der Waals surface area (Å²) in [4.78, 5) is 22.6. The first-order valence-corrected chi connectivity index (χ1v) is 6.29. The third-order valence-corrected chi connectivity index (χ3v) is 2.67. The van der Waals surface area contributed by atoms with E-state index in [1.165, 1.54) is 0 Å². The van der Waals surface area contributed by atoms with Gasteiger partial charge >= 0.3 is 5.97 Å². The van der Waals surface area contributed by atoms with Gasteiger partial charge in [-0.15, -0.1) is 0 Å². The third kappa shape index (κ3) is 5.27. The number of carbonyl (C=O) groups is 2. The highest BCUT2D eigenvalue weighted by molar-refractivity contribution is 5.84. The number of ether oxygens (including phenoxy) is 2. The van der Waals surface area contributed by atoms with Crippen LogP contribution in [0.2, 0.25) is 0 Å². The van der Waals surface area contributed by atoms with Crippen LogP contribution in [-0.2, 0) is 20.7 Å². The molecule has 0 aliphatic rings. The van der Waals surface area contributed by atoms with Crippen molar-refractivity contribution in [3.63, 3.8) is 0 Å². The molecule has 0 fully saturated rings. The van der Waals surface area contributed by atoms with Crippen molar-refractivity contribution < 1.29 is 24.2 Å². The van der Waals surface area contributed by atoms with Crippen molar-refractivity contribution in [2.75, 3.05) is 20.3 Å². The van der Waals surface area contributed by atoms with Gasteiger partial charge in [0.2, 0.25) is 5.91 Å². The van der Waals surface area contributed by atoms with Crippen LogP contribution in [0.5, 0.6) is 5.75 Å². The first kappa shape index (κ1) is 16.0. The molecule has 20 heavy (non-hydrogen) atoms. The van der Waals surface area contributed by atoms with Gasteiger partial charge in [0, 0.05) is 13.0 Å². The molecule has 0 saturated carbocycles. The summed E-state index contributed by atoms with van der Waals surface area (Å²) >= 11 is 0. The Morgan fingerprint density at radius 2 is 1.95 bits per heavy atom. The summed E-state index contributed by atoms with van der Waals surface area (Å²) in [5, 5.41) is 11.6. The molecule has 0 saturated heterocycles. The number of nitrogens with one attached hydrogen (secondary N) is 1. The molecule has 6 nitrogen and oxygen atoms in total. The standard InChI is InChI=1S/C14H19NO5/c1-3-20-9-13(16)15-12(14(17)18)8-10-4-6-11(19-2)7-5-10/h4-7,12H,3,8-9H2,1-2H3,(H,15,16)(H,17,18)/t12-/m1/s1. The summed E-state index contributed by atoms with van der Waals surface area (Å²) < 4.78 is 9.96. The number of carboxylic acids is 1. The van der Waals surface area contributed by atoms with Crippen LogP contribution in [-0.4, -0.2) is 43.3 Å². The zero-order valence-corrected chi connectivity index (χ0v) is 11.6. The predicted octanol–water partition coefficient (Wildman–Crippen LogP) is 0.844. The Morgan fingerprint density at radius 3 is 2.45 bits per heavy atom. The zero-order valence-electron chi connectivity index (χ0n) is 11.6. The van der Waals surface area contributed by atoms with Gasteiger partial charge in [0.25, 0.3) is 0 Å². The molecule has 0 spiro atoms. The minimum atomic E-state index is -1.08. The van der Waals surface area contributed by atoms with Crippen molar-refractivity contribution >= 4 is 11.9 Å². The lowest BCUT2D eigenvalue weighted by Crippen LogP contribution is -2.43. The van der Waals surface area contributed by atoms with E-state index >= 15 is 0 Å². The fourth-order valence-electron chi connectivity index (χ4n) is 1.63. The lowest BCUT2D eigenvalue weighted by atomic mass is 10.1. The maximum Gasteiger partial charge on any atom is 0.326 e. The van der Waals surface area contributed by atoms with Gasteiger partial charge in [0.15, 0.2) is 0 Å². The molecule has 1 rings (SSSR count). The minimum absolute atomic E-state index is 0.136. The molecule has 1 atom stereocenters. The van der Waals surface area contributed by atoms with Crippen molar-refractivity contribution in [1.29, 1.82) is 0 Å². The van der Waals surface area contributed by atoms with Gasteiger partial charge in [-0.25, -0.2) is 4.79 Å². The Morgan fingerprint density at radius 1 is 1.30 bits per heavy atom. The van der Waals surface area contributed by atoms with E-state index in [2.05, 4.69) is 5.32 Å². The van der Waals surface area contributed by atoms with Gasteiger partial charge in [-0.2, -0.15) is 0 Å². The zero-order chi connectivity index (χ0) is 15.0. The monoisotopic (exact) mass is 281 g/mol. The molecular weight excluding hydrogens is 262 g/mol. The Labute approximate surface area is 117 Å². The third-order valence-electron chi connectivity index (χ3n) is 2.67. The van der Waals surface area contributed by atoms with Crippen LogP contribution >= 0.6 is 0 Å². The fourth-order valence-corrected chi connectivity index (χ4v) is 1.63. The van der Waals surface area contributed by atoms with Crippen LogP contribution < -0.4 is 10.1 Å². The SMILES string of the molecule is CCOCC(=O)N[C@H](Cc1ccc(OC)cc1)C(=O)O. The molecule has 0 radical (unpaired) electrons. The van der Waals surface area contributed by atoms with Crippen LogP contribution in [0.15, 0.2) is 24.3 Å². The molecule has 110 valence electrons. The van der Waals surface area contributed by atoms with Gasteiger partial charge in [-0.05, 0) is 24.6 Å². The van der Waals surface area contributed by atoms with Crippen molar-refractivity contribution in [3.05, 3.63) is 29.8 Å². The quantitative estimate of drug-likeness (QED) is 0.737.